The Hall–Kier alpha value is -0.380. The fraction of sp³-hybridized carbons (Fsp3) is 0.692. The summed E-state index contributed by atoms with van der Waals surface area (Å²) in [6.45, 7) is 4.76. The highest BCUT2D eigenvalue weighted by Crippen LogP contribution is 2.44. The molecule has 1 aromatic rings. The molecule has 2 nitrogen and oxygen atoms in total. The maximum atomic E-state index is 5.74. The highest BCUT2D eigenvalue weighted by Gasteiger charge is 2.39. The van der Waals surface area contributed by atoms with E-state index >= 15 is 0 Å². The fourth-order valence-corrected chi connectivity index (χ4v) is 3.76. The monoisotopic (exact) mass is 238 g/mol. The van der Waals surface area contributed by atoms with Gasteiger partial charge in [-0.2, -0.15) is 11.3 Å². The first-order chi connectivity index (χ1) is 7.63. The molecular formula is C13H22N2S. The van der Waals surface area contributed by atoms with Gasteiger partial charge in [-0.3, -0.25) is 11.3 Å². The van der Waals surface area contributed by atoms with Gasteiger partial charge in [0.05, 0.1) is 0 Å². The summed E-state index contributed by atoms with van der Waals surface area (Å²) < 4.78 is 0. The van der Waals surface area contributed by atoms with Crippen molar-refractivity contribution in [1.82, 2.24) is 5.43 Å². The Morgan fingerprint density at radius 3 is 2.94 bits per heavy atom. The first-order valence-corrected chi connectivity index (χ1v) is 7.05. The van der Waals surface area contributed by atoms with Crippen molar-refractivity contribution in [2.45, 2.75) is 45.6 Å². The van der Waals surface area contributed by atoms with E-state index in [-0.39, 0.29) is 0 Å². The van der Waals surface area contributed by atoms with Gasteiger partial charge in [-0.15, -0.1) is 0 Å². The van der Waals surface area contributed by atoms with Crippen molar-refractivity contribution in [1.29, 1.82) is 0 Å². The van der Waals surface area contributed by atoms with Crippen molar-refractivity contribution in [3.05, 3.63) is 22.4 Å². The Labute approximate surface area is 102 Å². The van der Waals surface area contributed by atoms with Crippen molar-refractivity contribution in [2.75, 3.05) is 0 Å². The van der Waals surface area contributed by atoms with E-state index in [1.165, 1.54) is 24.8 Å². The molecule has 1 saturated carbocycles. The summed E-state index contributed by atoms with van der Waals surface area (Å²) in [4.78, 5) is 0. The van der Waals surface area contributed by atoms with Gasteiger partial charge >= 0.3 is 0 Å². The lowest BCUT2D eigenvalue weighted by atomic mass is 9.76. The highest BCUT2D eigenvalue weighted by atomic mass is 32.1. The van der Waals surface area contributed by atoms with Crippen LogP contribution in [0.3, 0.4) is 0 Å². The zero-order valence-electron chi connectivity index (χ0n) is 10.2. The molecule has 0 bridgehead atoms. The molecule has 1 aliphatic carbocycles. The number of hydrazine groups is 1. The van der Waals surface area contributed by atoms with Gasteiger partial charge in [-0.25, -0.2) is 0 Å². The second-order valence-electron chi connectivity index (χ2n) is 5.60. The lowest BCUT2D eigenvalue weighted by Gasteiger charge is -2.33. The number of thiophene rings is 1. The molecule has 3 N–H and O–H groups in total. The normalized spacial score (nSPS) is 25.8. The molecule has 0 saturated heterocycles. The number of rotatable bonds is 4. The summed E-state index contributed by atoms with van der Waals surface area (Å²) in [6, 6.07) is 2.63. The predicted octanol–water partition coefficient (Wildman–Crippen LogP) is 2.95. The summed E-state index contributed by atoms with van der Waals surface area (Å²) in [7, 11) is 0. The molecule has 1 aliphatic rings. The van der Waals surface area contributed by atoms with Crippen LogP contribution < -0.4 is 11.3 Å². The summed E-state index contributed by atoms with van der Waals surface area (Å²) >= 11 is 1.77. The predicted molar refractivity (Wildman–Crippen MR) is 70.3 cm³/mol. The SMILES string of the molecule is CC1(C)CCCC1C(Cc1ccsc1)NN. The smallest absolute Gasteiger partial charge is 0.0284 e. The van der Waals surface area contributed by atoms with E-state index < -0.39 is 0 Å². The van der Waals surface area contributed by atoms with Crippen LogP contribution in [0.1, 0.15) is 38.7 Å². The maximum Gasteiger partial charge on any atom is 0.0284 e. The van der Waals surface area contributed by atoms with Crippen molar-refractivity contribution in [3.63, 3.8) is 0 Å². The lowest BCUT2D eigenvalue weighted by Crippen LogP contribution is -2.45. The number of nitrogens with one attached hydrogen (secondary N) is 1. The second kappa shape index (κ2) is 4.86. The van der Waals surface area contributed by atoms with Gasteiger partial charge in [-0.05, 0) is 53.0 Å². The molecule has 1 fully saturated rings. The van der Waals surface area contributed by atoms with Crippen LogP contribution in [-0.4, -0.2) is 6.04 Å². The molecule has 2 unspecified atom stereocenters. The molecule has 3 heteroatoms. The number of nitrogens with two attached hydrogens (primary N) is 1. The van der Waals surface area contributed by atoms with E-state index in [4.69, 9.17) is 5.84 Å². The zero-order valence-corrected chi connectivity index (χ0v) is 11.0. The number of hydrogen-bond acceptors (Lipinski definition) is 3. The van der Waals surface area contributed by atoms with Gasteiger partial charge in [0.15, 0.2) is 0 Å². The summed E-state index contributed by atoms with van der Waals surface area (Å²) in [6.07, 6.45) is 5.05. The topological polar surface area (TPSA) is 38.0 Å². The quantitative estimate of drug-likeness (QED) is 0.625. The Balaban J connectivity index is 2.05. The van der Waals surface area contributed by atoms with Crippen LogP contribution in [0.2, 0.25) is 0 Å². The van der Waals surface area contributed by atoms with E-state index in [9.17, 15) is 0 Å². The number of hydrogen-bond donors (Lipinski definition) is 2. The minimum atomic E-state index is 0.423. The van der Waals surface area contributed by atoms with E-state index in [0.29, 0.717) is 17.4 Å². The molecule has 0 spiro atoms. The largest absolute Gasteiger partial charge is 0.271 e. The summed E-state index contributed by atoms with van der Waals surface area (Å²) in [5.74, 6) is 6.45. The molecule has 1 heterocycles. The van der Waals surface area contributed by atoms with Crippen LogP contribution in [0, 0.1) is 11.3 Å². The molecule has 2 atom stereocenters. The Bertz CT molecular complexity index is 319. The molecule has 90 valence electrons. The van der Waals surface area contributed by atoms with Crippen molar-refractivity contribution < 1.29 is 0 Å². The van der Waals surface area contributed by atoms with Crippen LogP contribution in [0.15, 0.2) is 16.8 Å². The maximum absolute atomic E-state index is 5.74. The van der Waals surface area contributed by atoms with E-state index in [1.807, 2.05) is 0 Å². The van der Waals surface area contributed by atoms with E-state index in [1.54, 1.807) is 11.3 Å². The minimum absolute atomic E-state index is 0.423. The van der Waals surface area contributed by atoms with Gasteiger partial charge in [0.1, 0.15) is 0 Å². The summed E-state index contributed by atoms with van der Waals surface area (Å²) in [5, 5.41) is 4.37. The molecule has 2 rings (SSSR count). The third-order valence-electron chi connectivity index (χ3n) is 4.08. The highest BCUT2D eigenvalue weighted by molar-refractivity contribution is 7.07. The fourth-order valence-electron chi connectivity index (χ4n) is 3.08. The van der Waals surface area contributed by atoms with Crippen LogP contribution in [-0.2, 0) is 6.42 Å². The van der Waals surface area contributed by atoms with Crippen LogP contribution >= 0.6 is 11.3 Å². The first-order valence-electron chi connectivity index (χ1n) is 6.11. The third-order valence-corrected chi connectivity index (χ3v) is 4.81. The molecule has 0 radical (unpaired) electrons. The molecule has 0 amide bonds. The zero-order chi connectivity index (χ0) is 11.6. The second-order valence-corrected chi connectivity index (χ2v) is 6.38. The Morgan fingerprint density at radius 2 is 2.44 bits per heavy atom. The van der Waals surface area contributed by atoms with Gasteiger partial charge in [0.25, 0.3) is 0 Å². The summed E-state index contributed by atoms with van der Waals surface area (Å²) in [5.41, 5.74) is 4.89. The first kappa shape index (κ1) is 12.1. The lowest BCUT2D eigenvalue weighted by molar-refractivity contribution is 0.196. The average Bonchev–Trinajstić information content (AvgIpc) is 2.84. The average molecular weight is 238 g/mol. The molecule has 0 aromatic carbocycles. The van der Waals surface area contributed by atoms with Crippen molar-refractivity contribution >= 4 is 11.3 Å². The van der Waals surface area contributed by atoms with Crippen molar-refractivity contribution in [2.24, 2.45) is 17.2 Å². The van der Waals surface area contributed by atoms with Crippen LogP contribution in [0.25, 0.3) is 0 Å². The molecule has 0 aliphatic heterocycles. The standard InChI is InChI=1S/C13H22N2S/c1-13(2)6-3-4-11(13)12(15-14)8-10-5-7-16-9-10/h5,7,9,11-12,15H,3-4,6,8,14H2,1-2H3. The Morgan fingerprint density at radius 1 is 1.62 bits per heavy atom. The minimum Gasteiger partial charge on any atom is -0.271 e. The molecular weight excluding hydrogens is 216 g/mol. The van der Waals surface area contributed by atoms with E-state index in [0.717, 1.165) is 6.42 Å². The molecule has 1 aromatic heterocycles. The van der Waals surface area contributed by atoms with Crippen LogP contribution in [0.5, 0.6) is 0 Å². The third kappa shape index (κ3) is 2.47. The molecule has 16 heavy (non-hydrogen) atoms. The van der Waals surface area contributed by atoms with Gasteiger partial charge in [0.2, 0.25) is 0 Å². The van der Waals surface area contributed by atoms with Gasteiger partial charge < -0.3 is 0 Å². The Kier molecular flexibility index (Phi) is 3.67. The van der Waals surface area contributed by atoms with Gasteiger partial charge in [0, 0.05) is 6.04 Å². The van der Waals surface area contributed by atoms with Gasteiger partial charge in [-0.1, -0.05) is 20.3 Å². The van der Waals surface area contributed by atoms with Crippen LogP contribution in [0.4, 0.5) is 0 Å². The van der Waals surface area contributed by atoms with E-state index in [2.05, 4.69) is 36.1 Å². The van der Waals surface area contributed by atoms with Crippen molar-refractivity contribution in [3.8, 4) is 0 Å².